The van der Waals surface area contributed by atoms with Crippen molar-refractivity contribution in [1.82, 2.24) is 4.98 Å². The summed E-state index contributed by atoms with van der Waals surface area (Å²) in [6.07, 6.45) is -0.102. The number of aromatic carboxylic acids is 1. The second kappa shape index (κ2) is 13.4. The van der Waals surface area contributed by atoms with Crippen LogP contribution >= 0.6 is 0 Å². The highest BCUT2D eigenvalue weighted by atomic mass is 19.4. The topological polar surface area (TPSA) is 74.7 Å². The molecule has 0 fully saturated rings. The molecular weight excluding hydrogens is 471 g/mol. The molecule has 0 saturated heterocycles. The Morgan fingerprint density at radius 1 is 1.11 bits per heavy atom. The fourth-order valence-electron chi connectivity index (χ4n) is 3.54. The second-order valence-corrected chi connectivity index (χ2v) is 7.74. The average Bonchev–Trinajstić information content (AvgIpc) is 2.89. The Balaban J connectivity index is 0.000000295. The van der Waals surface area contributed by atoms with E-state index in [0.29, 0.717) is 5.69 Å². The monoisotopic (exact) mass is 503 g/mol. The lowest BCUT2D eigenvalue weighted by molar-refractivity contribution is -0.127. The Bertz CT molecular complexity index is 1120. The minimum Gasteiger partial charge on any atom is -0.493 e. The van der Waals surface area contributed by atoms with Crippen LogP contribution in [0.4, 0.5) is 30.2 Å². The number of nitrogens with zero attached hydrogens (tertiary/aromatic N) is 2. The molecule has 0 spiro atoms. The number of rotatable bonds is 5. The zero-order chi connectivity index (χ0) is 26.7. The quantitative estimate of drug-likeness (QED) is 0.402. The van der Waals surface area contributed by atoms with Crippen molar-refractivity contribution in [2.45, 2.75) is 39.3 Å². The fraction of sp³-hybridized carbons (Fsp3) is 0.333. The van der Waals surface area contributed by atoms with E-state index < -0.39 is 18.6 Å². The molecule has 0 amide bonds. The number of anilines is 3. The van der Waals surface area contributed by atoms with E-state index >= 15 is 0 Å². The molecule has 0 bridgehead atoms. The van der Waals surface area contributed by atoms with Gasteiger partial charge in [0.1, 0.15) is 5.75 Å². The van der Waals surface area contributed by atoms with Crippen molar-refractivity contribution < 1.29 is 27.8 Å². The van der Waals surface area contributed by atoms with Crippen LogP contribution in [0.25, 0.3) is 0 Å². The first-order valence-corrected chi connectivity index (χ1v) is 11.7. The number of aryl methyl sites for hydroxylation is 1. The highest BCUT2D eigenvalue weighted by Crippen LogP contribution is 2.32. The molecule has 0 saturated carbocycles. The normalized spacial score (nSPS) is 12.0. The Morgan fingerprint density at radius 3 is 2.36 bits per heavy atom. The van der Waals surface area contributed by atoms with Crippen LogP contribution < -0.4 is 15.0 Å². The van der Waals surface area contributed by atoms with Gasteiger partial charge in [-0.2, -0.15) is 13.2 Å². The summed E-state index contributed by atoms with van der Waals surface area (Å²) in [5.74, 6) is -0.0500. The van der Waals surface area contributed by atoms with Crippen molar-refractivity contribution in [3.63, 3.8) is 0 Å². The first-order chi connectivity index (χ1) is 17.2. The van der Waals surface area contributed by atoms with Crippen LogP contribution in [-0.4, -0.2) is 42.9 Å². The van der Waals surface area contributed by atoms with Gasteiger partial charge in [0.15, 0.2) is 0 Å². The molecule has 36 heavy (non-hydrogen) atoms. The fourth-order valence-corrected chi connectivity index (χ4v) is 3.54. The van der Waals surface area contributed by atoms with Crippen LogP contribution in [0.3, 0.4) is 0 Å². The van der Waals surface area contributed by atoms with Gasteiger partial charge < -0.3 is 20.1 Å². The molecule has 1 aliphatic heterocycles. The molecule has 0 aliphatic carbocycles. The van der Waals surface area contributed by atoms with Gasteiger partial charge in [-0.05, 0) is 48.2 Å². The third-order valence-corrected chi connectivity index (χ3v) is 5.34. The van der Waals surface area contributed by atoms with E-state index in [0.717, 1.165) is 36.6 Å². The zero-order valence-corrected chi connectivity index (χ0v) is 20.9. The molecule has 4 rings (SSSR count). The number of fused-ring (bicyclic) bond motifs is 1. The molecule has 0 atom stereocenters. The van der Waals surface area contributed by atoms with Crippen molar-refractivity contribution in [3.8, 4) is 5.75 Å². The Hall–Kier alpha value is -3.75. The summed E-state index contributed by atoms with van der Waals surface area (Å²) in [4.78, 5) is 16.2. The van der Waals surface area contributed by atoms with Crippen LogP contribution in [-0.2, 0) is 12.8 Å². The van der Waals surface area contributed by atoms with Gasteiger partial charge in [-0.1, -0.05) is 32.0 Å². The number of hydrogen-bond acceptors (Lipinski definition) is 5. The average molecular weight is 504 g/mol. The van der Waals surface area contributed by atoms with Gasteiger partial charge >= 0.3 is 12.1 Å². The van der Waals surface area contributed by atoms with Crippen molar-refractivity contribution in [1.29, 1.82) is 0 Å². The highest BCUT2D eigenvalue weighted by molar-refractivity contribution is 5.93. The van der Waals surface area contributed by atoms with Gasteiger partial charge in [0.2, 0.25) is 0 Å². The lowest BCUT2D eigenvalue weighted by Crippen LogP contribution is -2.13. The third kappa shape index (κ3) is 8.18. The summed E-state index contributed by atoms with van der Waals surface area (Å²) in [6.45, 7) is 4.73. The predicted molar refractivity (Wildman–Crippen MR) is 137 cm³/mol. The zero-order valence-electron chi connectivity index (χ0n) is 20.9. The van der Waals surface area contributed by atoms with Crippen molar-refractivity contribution in [2.24, 2.45) is 0 Å². The molecule has 2 aromatic carbocycles. The van der Waals surface area contributed by atoms with Gasteiger partial charge in [-0.3, -0.25) is 4.98 Å². The van der Waals surface area contributed by atoms with Crippen LogP contribution in [0.2, 0.25) is 0 Å². The molecule has 194 valence electrons. The van der Waals surface area contributed by atoms with E-state index in [2.05, 4.69) is 16.4 Å². The summed E-state index contributed by atoms with van der Waals surface area (Å²) in [6, 6.07) is 14.0. The number of benzene rings is 2. The molecule has 3 aromatic rings. The van der Waals surface area contributed by atoms with Crippen LogP contribution in [0.1, 0.15) is 41.8 Å². The Kier molecular flexibility index (Phi) is 10.6. The molecular formula is C27H32F3N3O3. The minimum absolute atomic E-state index is 0.238. The van der Waals surface area contributed by atoms with E-state index in [1.165, 1.54) is 36.2 Å². The molecule has 1 aliphatic rings. The number of halogens is 3. The van der Waals surface area contributed by atoms with Gasteiger partial charge in [0.05, 0.1) is 30.5 Å². The number of nitrogens with one attached hydrogen (secondary N) is 1. The summed E-state index contributed by atoms with van der Waals surface area (Å²) < 4.78 is 42.9. The molecule has 0 unspecified atom stereocenters. The van der Waals surface area contributed by atoms with Gasteiger partial charge in [-0.15, -0.1) is 0 Å². The molecule has 9 heteroatoms. The number of pyridine rings is 1. The largest absolute Gasteiger partial charge is 0.493 e. The maximum atomic E-state index is 12.4. The van der Waals surface area contributed by atoms with Crippen LogP contribution in [0.5, 0.6) is 5.75 Å². The van der Waals surface area contributed by atoms with E-state index in [-0.39, 0.29) is 11.1 Å². The third-order valence-electron chi connectivity index (χ3n) is 5.34. The second-order valence-electron chi connectivity index (χ2n) is 7.74. The molecule has 2 N–H and O–H groups in total. The first-order valence-electron chi connectivity index (χ1n) is 11.7. The maximum absolute atomic E-state index is 12.4. The molecule has 2 heterocycles. The smallest absolute Gasteiger partial charge is 0.393 e. The molecule has 0 radical (unpaired) electrons. The SMILES string of the molecule is CC.CN(c1ccc(CC(F)(F)F)cc1)c1ccc2c(c1)OCCC2.CNc1cnccc1C(=O)O. The van der Waals surface area contributed by atoms with Crippen molar-refractivity contribution in [3.05, 3.63) is 77.6 Å². The summed E-state index contributed by atoms with van der Waals surface area (Å²) in [7, 11) is 3.55. The van der Waals surface area contributed by atoms with Gasteiger partial charge in [0, 0.05) is 37.7 Å². The van der Waals surface area contributed by atoms with Gasteiger partial charge in [-0.25, -0.2) is 4.79 Å². The Labute approximate surface area is 209 Å². The van der Waals surface area contributed by atoms with Gasteiger partial charge in [0.25, 0.3) is 0 Å². The van der Waals surface area contributed by atoms with Crippen LogP contribution in [0.15, 0.2) is 60.9 Å². The summed E-state index contributed by atoms with van der Waals surface area (Å²) >= 11 is 0. The van der Waals surface area contributed by atoms with Crippen molar-refractivity contribution >= 4 is 23.0 Å². The number of alkyl halides is 3. The first kappa shape index (κ1) is 28.5. The number of carbonyl (C=O) groups is 1. The minimum atomic E-state index is -4.18. The van der Waals surface area contributed by atoms with E-state index in [1.807, 2.05) is 37.9 Å². The Morgan fingerprint density at radius 2 is 1.78 bits per heavy atom. The molecule has 6 nitrogen and oxygen atoms in total. The van der Waals surface area contributed by atoms with E-state index in [9.17, 15) is 18.0 Å². The highest BCUT2D eigenvalue weighted by Gasteiger charge is 2.27. The van der Waals surface area contributed by atoms with E-state index in [1.54, 1.807) is 19.2 Å². The number of carboxylic acids is 1. The lowest BCUT2D eigenvalue weighted by Gasteiger charge is -2.23. The lowest BCUT2D eigenvalue weighted by atomic mass is 10.1. The standard InChI is InChI=1S/C18H18F3NO.C7H8N2O2.C2H6/c1-22(15-7-4-13(5-8-15)12-18(19,20)21)16-9-6-14-3-2-10-23-17(14)11-16;1-8-6-4-9-3-2-5(6)7(10)11;1-2/h4-9,11H,2-3,10,12H2,1H3;2-4,8H,1H3,(H,10,11);1-2H3. The molecule has 1 aromatic heterocycles. The number of carboxylic acid groups (broad SMARTS) is 1. The predicted octanol–water partition coefficient (Wildman–Crippen LogP) is 6.73. The van der Waals surface area contributed by atoms with Crippen LogP contribution in [0, 0.1) is 0 Å². The number of ether oxygens (including phenoxy) is 1. The van der Waals surface area contributed by atoms with E-state index in [4.69, 9.17) is 9.84 Å². The summed E-state index contributed by atoms with van der Waals surface area (Å²) in [5, 5.41) is 11.4. The van der Waals surface area contributed by atoms with Crippen molar-refractivity contribution in [2.75, 3.05) is 30.9 Å². The summed E-state index contributed by atoms with van der Waals surface area (Å²) in [5.41, 5.74) is 4.03. The number of hydrogen-bond donors (Lipinski definition) is 2. The number of aromatic nitrogens is 1. The maximum Gasteiger partial charge on any atom is 0.393 e.